The smallest absolute Gasteiger partial charge is 0.309 e. The van der Waals surface area contributed by atoms with Gasteiger partial charge in [0.05, 0.1) is 27.8 Å². The molecule has 3 aromatic heterocycles. The second kappa shape index (κ2) is 9.82. The van der Waals surface area contributed by atoms with E-state index in [-0.39, 0.29) is 27.6 Å². The molecule has 0 atom stereocenters. The van der Waals surface area contributed by atoms with Crippen LogP contribution in [0.25, 0.3) is 50.3 Å². The summed E-state index contributed by atoms with van der Waals surface area (Å²) in [6.07, 6.45) is -9.39. The van der Waals surface area contributed by atoms with Gasteiger partial charge in [-0.1, -0.05) is 0 Å². The predicted molar refractivity (Wildman–Crippen MR) is 147 cm³/mol. The van der Waals surface area contributed by atoms with Crippen molar-refractivity contribution in [3.05, 3.63) is 89.0 Å². The minimum atomic E-state index is -4.70. The van der Waals surface area contributed by atoms with Crippen molar-refractivity contribution in [1.29, 1.82) is 0 Å². The van der Waals surface area contributed by atoms with Gasteiger partial charge in [0.2, 0.25) is 0 Å². The maximum atomic E-state index is 13.7. The molecule has 0 aliphatic rings. The van der Waals surface area contributed by atoms with Crippen molar-refractivity contribution >= 4 is 21.8 Å². The van der Waals surface area contributed by atoms with Crippen molar-refractivity contribution in [2.24, 2.45) is 0 Å². The Kier molecular flexibility index (Phi) is 6.44. The number of hydrogen-bond donors (Lipinski definition) is 0. The lowest BCUT2D eigenvalue weighted by atomic mass is 10.1. The molecule has 13 heteroatoms. The van der Waals surface area contributed by atoms with Crippen molar-refractivity contribution in [2.75, 3.05) is 0 Å². The Balaban J connectivity index is 1.71. The summed E-state index contributed by atoms with van der Waals surface area (Å²) in [7, 11) is 0. The summed E-state index contributed by atoms with van der Waals surface area (Å²) >= 11 is 0. The van der Waals surface area contributed by atoms with Crippen LogP contribution in [-0.4, -0.2) is 34.5 Å². The number of aryl methyl sites for hydroxylation is 4. The highest BCUT2D eigenvalue weighted by molar-refractivity contribution is 6.10. The minimum Gasteiger partial charge on any atom is -0.309 e. The maximum absolute atomic E-state index is 13.7. The number of benzene rings is 3. The van der Waals surface area contributed by atoms with E-state index >= 15 is 0 Å². The fourth-order valence-corrected chi connectivity index (χ4v) is 5.17. The Morgan fingerprint density at radius 1 is 0.512 bits per heavy atom. The zero-order valence-corrected chi connectivity index (χ0v) is 23.1. The molecule has 0 aliphatic heterocycles. The first kappa shape index (κ1) is 28.2. The third kappa shape index (κ3) is 5.15. The number of halogens is 6. The topological polar surface area (TPSA) is 82.3 Å². The first-order valence-corrected chi connectivity index (χ1v) is 13.0. The average molecular weight is 594 g/mol. The van der Waals surface area contributed by atoms with Crippen molar-refractivity contribution in [1.82, 2.24) is 34.5 Å². The molecule has 6 rings (SSSR count). The zero-order chi connectivity index (χ0) is 30.8. The zero-order valence-electron chi connectivity index (χ0n) is 23.1. The molecule has 3 aromatic carbocycles. The number of rotatable bonds is 3. The van der Waals surface area contributed by atoms with Crippen LogP contribution in [0.4, 0.5) is 26.3 Å². The molecule has 7 nitrogen and oxygen atoms in total. The summed E-state index contributed by atoms with van der Waals surface area (Å²) < 4.78 is 83.9. The fourth-order valence-electron chi connectivity index (χ4n) is 5.17. The van der Waals surface area contributed by atoms with E-state index < -0.39 is 23.5 Å². The second-order valence-corrected chi connectivity index (χ2v) is 10.0. The number of hydrogen-bond acceptors (Lipinski definition) is 6. The van der Waals surface area contributed by atoms with Gasteiger partial charge in [0.1, 0.15) is 23.3 Å². The molecule has 0 bridgehead atoms. The largest absolute Gasteiger partial charge is 0.416 e. The summed E-state index contributed by atoms with van der Waals surface area (Å²) in [6, 6.07) is 11.2. The van der Waals surface area contributed by atoms with E-state index in [2.05, 4.69) is 29.9 Å². The van der Waals surface area contributed by atoms with Gasteiger partial charge in [-0.2, -0.15) is 26.3 Å². The van der Waals surface area contributed by atoms with E-state index in [1.54, 1.807) is 50.5 Å². The van der Waals surface area contributed by atoms with Gasteiger partial charge in [-0.05, 0) is 82.3 Å². The highest BCUT2D eigenvalue weighted by Crippen LogP contribution is 2.41. The molecule has 0 saturated heterocycles. The Bertz CT molecular complexity index is 1950. The van der Waals surface area contributed by atoms with Crippen LogP contribution >= 0.6 is 0 Å². The van der Waals surface area contributed by atoms with Crippen LogP contribution in [0.15, 0.2) is 54.6 Å². The molecule has 0 amide bonds. The van der Waals surface area contributed by atoms with Crippen molar-refractivity contribution in [3.63, 3.8) is 0 Å². The number of aromatic nitrogens is 7. The molecule has 6 aromatic rings. The molecule has 0 unspecified atom stereocenters. The first-order valence-electron chi connectivity index (χ1n) is 13.0. The Morgan fingerprint density at radius 3 is 1.40 bits per heavy atom. The number of alkyl halides is 6. The summed E-state index contributed by atoms with van der Waals surface area (Å²) in [5.41, 5.74) is 0.0442. The number of fused-ring (bicyclic) bond motifs is 3. The lowest BCUT2D eigenvalue weighted by Gasteiger charge is -2.16. The van der Waals surface area contributed by atoms with E-state index in [1.165, 1.54) is 12.1 Å². The van der Waals surface area contributed by atoms with E-state index in [0.29, 0.717) is 45.9 Å². The van der Waals surface area contributed by atoms with Crippen molar-refractivity contribution in [3.8, 4) is 28.5 Å². The van der Waals surface area contributed by atoms with Gasteiger partial charge in [0, 0.05) is 21.9 Å². The third-order valence-electron chi connectivity index (χ3n) is 6.87. The molecule has 3 heterocycles. The van der Waals surface area contributed by atoms with Gasteiger partial charge in [-0.3, -0.25) is 0 Å². The van der Waals surface area contributed by atoms with Gasteiger partial charge >= 0.3 is 12.4 Å². The summed E-state index contributed by atoms with van der Waals surface area (Å²) in [6.45, 7) is 6.85. The minimum absolute atomic E-state index is 0.0117. The molecular formula is C30H21F6N7. The summed E-state index contributed by atoms with van der Waals surface area (Å²) in [4.78, 5) is 26.4. The van der Waals surface area contributed by atoms with Crippen molar-refractivity contribution in [2.45, 2.75) is 40.0 Å². The Labute approximate surface area is 240 Å². The van der Waals surface area contributed by atoms with Gasteiger partial charge < -0.3 is 4.57 Å². The standard InChI is InChI=1S/C30H21F6N7/c1-14-37-15(2)40-27(39-14)18-5-8-26(23(11-18)28-41-16(3)38-17(4)42-28)43-24-9-6-19(29(31,32)33)12-21(24)22-13-20(30(34,35)36)7-10-25(22)43/h5-13H,1-4H3. The van der Waals surface area contributed by atoms with Crippen LogP contribution in [0.5, 0.6) is 0 Å². The molecule has 218 valence electrons. The molecule has 0 N–H and O–H groups in total. The molecule has 0 saturated carbocycles. The Morgan fingerprint density at radius 2 is 0.953 bits per heavy atom. The first-order chi connectivity index (χ1) is 20.2. The average Bonchev–Trinajstić information content (AvgIpc) is 3.23. The van der Waals surface area contributed by atoms with Gasteiger partial charge in [-0.15, -0.1) is 0 Å². The molecule has 0 aliphatic carbocycles. The van der Waals surface area contributed by atoms with Crippen LogP contribution in [-0.2, 0) is 12.4 Å². The van der Waals surface area contributed by atoms with Crippen molar-refractivity contribution < 1.29 is 26.3 Å². The second-order valence-electron chi connectivity index (χ2n) is 10.0. The molecular weight excluding hydrogens is 572 g/mol. The lowest BCUT2D eigenvalue weighted by molar-refractivity contribution is -0.138. The van der Waals surface area contributed by atoms with E-state index in [0.717, 1.165) is 24.3 Å². The highest BCUT2D eigenvalue weighted by Gasteiger charge is 2.33. The maximum Gasteiger partial charge on any atom is 0.416 e. The van der Waals surface area contributed by atoms with E-state index in [1.807, 2.05) is 0 Å². The van der Waals surface area contributed by atoms with E-state index in [9.17, 15) is 26.3 Å². The monoisotopic (exact) mass is 593 g/mol. The molecule has 43 heavy (non-hydrogen) atoms. The normalized spacial score (nSPS) is 12.4. The SMILES string of the molecule is Cc1nc(C)nc(-c2ccc(-n3c4ccc(C(F)(F)F)cc4c4cc(C(F)(F)F)ccc43)c(-c3nc(C)nc(C)n3)c2)n1. The highest BCUT2D eigenvalue weighted by atomic mass is 19.4. The van der Waals surface area contributed by atoms with E-state index in [4.69, 9.17) is 0 Å². The number of nitrogens with zero attached hydrogens (tertiary/aromatic N) is 7. The summed E-state index contributed by atoms with van der Waals surface area (Å²) in [5, 5.41) is 0.0235. The quantitative estimate of drug-likeness (QED) is 0.195. The fraction of sp³-hybridized carbons (Fsp3) is 0.200. The van der Waals surface area contributed by atoms with Crippen LogP contribution < -0.4 is 0 Å². The van der Waals surface area contributed by atoms with Crippen LogP contribution in [0.2, 0.25) is 0 Å². The molecule has 0 spiro atoms. The van der Waals surface area contributed by atoms with Gasteiger partial charge in [-0.25, -0.2) is 29.9 Å². The van der Waals surface area contributed by atoms with Gasteiger partial charge in [0.15, 0.2) is 11.6 Å². The molecule has 0 radical (unpaired) electrons. The van der Waals surface area contributed by atoms with Crippen LogP contribution in [0, 0.1) is 27.7 Å². The molecule has 0 fully saturated rings. The van der Waals surface area contributed by atoms with Gasteiger partial charge in [0.25, 0.3) is 0 Å². The predicted octanol–water partition coefficient (Wildman–Crippen LogP) is 7.76. The van der Waals surface area contributed by atoms with Crippen LogP contribution in [0.3, 0.4) is 0 Å². The van der Waals surface area contributed by atoms with Crippen LogP contribution in [0.1, 0.15) is 34.4 Å². The third-order valence-corrected chi connectivity index (χ3v) is 6.87. The summed E-state index contributed by atoms with van der Waals surface area (Å²) in [5.74, 6) is 2.51. The lowest BCUT2D eigenvalue weighted by Crippen LogP contribution is -2.06. The Hall–Kier alpha value is -4.94.